The number of aliphatic hydroxyl groups is 1. The highest BCUT2D eigenvalue weighted by atomic mass is 16.2. The molecule has 0 bridgehead atoms. The molecule has 0 aliphatic heterocycles. The van der Waals surface area contributed by atoms with E-state index in [1.165, 1.54) is 0 Å². The van der Waals surface area contributed by atoms with Crippen molar-refractivity contribution in [2.45, 2.75) is 0 Å². The molecule has 0 rings (SSSR count). The molecule has 0 saturated carbocycles. The molecule has 0 fully saturated rings. The van der Waals surface area contributed by atoms with Crippen molar-refractivity contribution in [1.82, 2.24) is 0 Å². The van der Waals surface area contributed by atoms with Gasteiger partial charge in [-0.1, -0.05) is 0 Å². The van der Waals surface area contributed by atoms with Gasteiger partial charge in [-0.05, 0) is 0 Å². The SMILES string of the molecule is C[N+](C)(C)CC=CO.[OH-]. The normalized spacial score (nSPS) is 11.4. The summed E-state index contributed by atoms with van der Waals surface area (Å²) in [7, 11) is 6.21. The predicted octanol–water partition coefficient (Wildman–Crippen LogP) is 0.588. The Hall–Kier alpha value is -0.540. The molecule has 0 radical (unpaired) electrons. The van der Waals surface area contributed by atoms with E-state index in [-0.39, 0.29) is 5.48 Å². The Labute approximate surface area is 56.1 Å². The number of quaternary nitrogens is 1. The Morgan fingerprint density at radius 1 is 1.33 bits per heavy atom. The maximum absolute atomic E-state index is 8.24. The zero-order chi connectivity index (χ0) is 6.62. The average Bonchev–Trinajstić information content (AvgIpc) is 1.59. The minimum atomic E-state index is 0. The van der Waals surface area contributed by atoms with Crippen LogP contribution in [0.2, 0.25) is 0 Å². The zero-order valence-electron chi connectivity index (χ0n) is 6.20. The molecular formula is C6H15NO2. The van der Waals surface area contributed by atoms with Crippen molar-refractivity contribution in [2.75, 3.05) is 27.7 Å². The zero-order valence-corrected chi connectivity index (χ0v) is 6.20. The van der Waals surface area contributed by atoms with Gasteiger partial charge in [-0.25, -0.2) is 0 Å². The fourth-order valence-corrected chi connectivity index (χ4v) is 0.363. The molecule has 9 heavy (non-hydrogen) atoms. The second-order valence-corrected chi connectivity index (χ2v) is 2.86. The number of aliphatic hydroxyl groups excluding tert-OH is 1. The fraction of sp³-hybridized carbons (Fsp3) is 0.667. The van der Waals surface area contributed by atoms with E-state index in [0.29, 0.717) is 0 Å². The standard InChI is InChI=1S/C6H13NO.H2O/c1-7(2,3)5-4-6-8;/h4,6H,5H2,1-3H3;1H2. The van der Waals surface area contributed by atoms with Crippen LogP contribution in [0.5, 0.6) is 0 Å². The van der Waals surface area contributed by atoms with Crippen molar-refractivity contribution in [3.05, 3.63) is 12.3 Å². The van der Waals surface area contributed by atoms with Gasteiger partial charge in [0, 0.05) is 6.08 Å². The van der Waals surface area contributed by atoms with Gasteiger partial charge in [0.2, 0.25) is 0 Å². The molecule has 0 unspecified atom stereocenters. The molecule has 0 spiro atoms. The molecule has 3 nitrogen and oxygen atoms in total. The van der Waals surface area contributed by atoms with Crippen LogP contribution in [0.1, 0.15) is 0 Å². The molecule has 3 heteroatoms. The van der Waals surface area contributed by atoms with Crippen molar-refractivity contribution in [3.8, 4) is 0 Å². The van der Waals surface area contributed by atoms with Crippen LogP contribution in [0.3, 0.4) is 0 Å². The third kappa shape index (κ3) is 11.2. The monoisotopic (exact) mass is 133 g/mol. The van der Waals surface area contributed by atoms with E-state index in [1.54, 1.807) is 6.08 Å². The predicted molar refractivity (Wildman–Crippen MR) is 36.6 cm³/mol. The van der Waals surface area contributed by atoms with Gasteiger partial charge in [0.1, 0.15) is 0 Å². The molecule has 56 valence electrons. The van der Waals surface area contributed by atoms with Gasteiger partial charge in [0.05, 0.1) is 33.9 Å². The summed E-state index contributed by atoms with van der Waals surface area (Å²) in [5.74, 6) is 0. The summed E-state index contributed by atoms with van der Waals surface area (Å²) in [6.07, 6.45) is 2.82. The lowest BCUT2D eigenvalue weighted by Crippen LogP contribution is -2.34. The Morgan fingerprint density at radius 2 is 1.78 bits per heavy atom. The van der Waals surface area contributed by atoms with Crippen molar-refractivity contribution in [1.29, 1.82) is 0 Å². The molecule has 0 atom stereocenters. The van der Waals surface area contributed by atoms with Crippen LogP contribution in [0.25, 0.3) is 0 Å². The highest BCUT2D eigenvalue weighted by Gasteiger charge is 2.00. The van der Waals surface area contributed by atoms with E-state index in [9.17, 15) is 0 Å². The van der Waals surface area contributed by atoms with Crippen LogP contribution in [0, 0.1) is 0 Å². The molecule has 0 aromatic rings. The van der Waals surface area contributed by atoms with E-state index in [4.69, 9.17) is 5.11 Å². The lowest BCUT2D eigenvalue weighted by Gasteiger charge is -2.21. The average molecular weight is 133 g/mol. The number of hydrogen-bond donors (Lipinski definition) is 1. The minimum Gasteiger partial charge on any atom is -0.870 e. The summed E-state index contributed by atoms with van der Waals surface area (Å²) in [6.45, 7) is 0.872. The van der Waals surface area contributed by atoms with Gasteiger partial charge in [-0.15, -0.1) is 0 Å². The van der Waals surface area contributed by atoms with Gasteiger partial charge >= 0.3 is 0 Å². The Kier molecular flexibility index (Phi) is 5.45. The summed E-state index contributed by atoms with van der Waals surface area (Å²) in [4.78, 5) is 0. The van der Waals surface area contributed by atoms with E-state index in [0.717, 1.165) is 17.3 Å². The second kappa shape index (κ2) is 4.35. The van der Waals surface area contributed by atoms with E-state index >= 15 is 0 Å². The number of nitrogens with zero attached hydrogens (tertiary/aromatic N) is 1. The van der Waals surface area contributed by atoms with Crippen LogP contribution < -0.4 is 0 Å². The van der Waals surface area contributed by atoms with Crippen molar-refractivity contribution in [2.24, 2.45) is 0 Å². The first-order valence-electron chi connectivity index (χ1n) is 2.66. The van der Waals surface area contributed by atoms with Gasteiger partial charge in [0.15, 0.2) is 0 Å². The Bertz CT molecular complexity index is 83.5. The second-order valence-electron chi connectivity index (χ2n) is 2.86. The van der Waals surface area contributed by atoms with E-state index in [1.807, 2.05) is 0 Å². The van der Waals surface area contributed by atoms with Gasteiger partial charge < -0.3 is 15.1 Å². The molecule has 0 amide bonds. The number of likely N-dealkylation sites (N-methyl/N-ethyl adjacent to an activating group) is 1. The maximum Gasteiger partial charge on any atom is 0.1000 e. The Morgan fingerprint density at radius 3 is 1.89 bits per heavy atom. The van der Waals surface area contributed by atoms with E-state index < -0.39 is 0 Å². The first-order chi connectivity index (χ1) is 3.56. The van der Waals surface area contributed by atoms with Crippen LogP contribution >= 0.6 is 0 Å². The van der Waals surface area contributed by atoms with Crippen LogP contribution in [0.15, 0.2) is 12.3 Å². The topological polar surface area (TPSA) is 50.2 Å². The van der Waals surface area contributed by atoms with Crippen LogP contribution in [-0.4, -0.2) is 42.8 Å². The molecule has 0 heterocycles. The molecular weight excluding hydrogens is 118 g/mol. The third-order valence-corrected chi connectivity index (χ3v) is 0.759. The highest BCUT2D eigenvalue weighted by Crippen LogP contribution is 1.87. The molecule has 2 N–H and O–H groups in total. The molecule has 0 saturated heterocycles. The summed E-state index contributed by atoms with van der Waals surface area (Å²) < 4.78 is 0.858. The molecule has 0 aliphatic rings. The lowest BCUT2D eigenvalue weighted by molar-refractivity contribution is -0.864. The summed E-state index contributed by atoms with van der Waals surface area (Å²) >= 11 is 0. The third-order valence-electron chi connectivity index (χ3n) is 0.759. The largest absolute Gasteiger partial charge is 0.870 e. The fourth-order valence-electron chi connectivity index (χ4n) is 0.363. The Balaban J connectivity index is 0. The summed E-state index contributed by atoms with van der Waals surface area (Å²) in [6, 6.07) is 0. The molecule has 0 aromatic heterocycles. The van der Waals surface area contributed by atoms with Gasteiger partial charge in [-0.2, -0.15) is 0 Å². The smallest absolute Gasteiger partial charge is 0.1000 e. The molecule has 0 aliphatic carbocycles. The van der Waals surface area contributed by atoms with Gasteiger partial charge in [-0.3, -0.25) is 0 Å². The lowest BCUT2D eigenvalue weighted by atomic mass is 10.5. The first-order valence-corrected chi connectivity index (χ1v) is 2.66. The summed E-state index contributed by atoms with van der Waals surface area (Å²) in [5, 5.41) is 8.24. The van der Waals surface area contributed by atoms with Crippen molar-refractivity contribution in [3.63, 3.8) is 0 Å². The summed E-state index contributed by atoms with van der Waals surface area (Å²) in [5.41, 5.74) is 0. The molecule has 0 aromatic carbocycles. The van der Waals surface area contributed by atoms with Gasteiger partial charge in [0.25, 0.3) is 0 Å². The maximum atomic E-state index is 8.24. The van der Waals surface area contributed by atoms with Crippen molar-refractivity contribution >= 4 is 0 Å². The quantitative estimate of drug-likeness (QED) is 0.442. The number of rotatable bonds is 2. The first kappa shape index (κ1) is 11.3. The van der Waals surface area contributed by atoms with Crippen LogP contribution in [-0.2, 0) is 0 Å². The van der Waals surface area contributed by atoms with Crippen molar-refractivity contribution < 1.29 is 15.1 Å². The van der Waals surface area contributed by atoms with Crippen LogP contribution in [0.4, 0.5) is 0 Å². The minimum absolute atomic E-state index is 0. The van der Waals surface area contributed by atoms with E-state index in [2.05, 4.69) is 21.1 Å². The highest BCUT2D eigenvalue weighted by molar-refractivity contribution is 4.69. The number of hydrogen-bond acceptors (Lipinski definition) is 2.